The van der Waals surface area contributed by atoms with Gasteiger partial charge in [0.2, 0.25) is 5.92 Å². The quantitative estimate of drug-likeness (QED) is 0.277. The zero-order valence-electron chi connectivity index (χ0n) is 17.8. The molecule has 0 spiro atoms. The van der Waals surface area contributed by atoms with E-state index in [2.05, 4.69) is 33.8 Å². The van der Waals surface area contributed by atoms with E-state index in [1.54, 1.807) is 6.20 Å². The summed E-state index contributed by atoms with van der Waals surface area (Å²) in [7, 11) is 0. The van der Waals surface area contributed by atoms with Crippen molar-refractivity contribution >= 4 is 16.6 Å². The number of fused-ring (bicyclic) bond motifs is 1. The summed E-state index contributed by atoms with van der Waals surface area (Å²) in [6, 6.07) is 3.48. The van der Waals surface area contributed by atoms with Crippen molar-refractivity contribution in [3.63, 3.8) is 0 Å². The second kappa shape index (κ2) is 8.88. The van der Waals surface area contributed by atoms with Crippen molar-refractivity contribution in [1.82, 2.24) is 15.3 Å². The van der Waals surface area contributed by atoms with E-state index in [1.165, 1.54) is 12.3 Å². The lowest BCUT2D eigenvalue weighted by atomic mass is 9.84. The van der Waals surface area contributed by atoms with Crippen LogP contribution in [0.1, 0.15) is 42.9 Å². The summed E-state index contributed by atoms with van der Waals surface area (Å²) < 4.78 is 68.3. The highest BCUT2D eigenvalue weighted by Gasteiger charge is 2.36. The van der Waals surface area contributed by atoms with Gasteiger partial charge in [0.15, 0.2) is 11.6 Å². The molecule has 174 valence electrons. The predicted molar refractivity (Wildman–Crippen MR) is 117 cm³/mol. The molecule has 1 saturated carbocycles. The molecule has 1 aromatic carbocycles. The Labute approximate surface area is 187 Å². The van der Waals surface area contributed by atoms with E-state index in [0.29, 0.717) is 33.5 Å². The number of hydrogen-bond acceptors (Lipinski definition) is 3. The van der Waals surface area contributed by atoms with Crippen LogP contribution >= 0.6 is 0 Å². The molecule has 9 heteroatoms. The van der Waals surface area contributed by atoms with Crippen molar-refractivity contribution < 1.29 is 22.0 Å². The fraction of sp³-hybridized carbons (Fsp3) is 0.292. The molecule has 0 amide bonds. The number of hydrogen-bond donors (Lipinski definition) is 3. The lowest BCUT2D eigenvalue weighted by molar-refractivity contribution is -0.0387. The van der Waals surface area contributed by atoms with E-state index in [4.69, 9.17) is 0 Å². The van der Waals surface area contributed by atoms with Gasteiger partial charge in [0.25, 0.3) is 0 Å². The van der Waals surface area contributed by atoms with Gasteiger partial charge in [0, 0.05) is 49.2 Å². The molecule has 4 nitrogen and oxygen atoms in total. The Hall–Kier alpha value is -3.36. The van der Waals surface area contributed by atoms with Crippen LogP contribution in [0.25, 0.3) is 10.9 Å². The second-order valence-corrected chi connectivity index (χ2v) is 8.29. The minimum Gasteiger partial charge on any atom is -0.380 e. The van der Waals surface area contributed by atoms with Gasteiger partial charge in [-0.3, -0.25) is 4.98 Å². The molecule has 0 atom stereocenters. The first-order chi connectivity index (χ1) is 15.6. The molecule has 33 heavy (non-hydrogen) atoms. The number of rotatable bonds is 7. The molecule has 4 rings (SSSR count). The SMILES string of the molecule is C=C(NCc1cnc(C2CCC(F)(F)CC2)c(F)c1)C(=C)Nc1c[nH]c2cc(F)c(F)cc12. The van der Waals surface area contributed by atoms with Gasteiger partial charge in [-0.2, -0.15) is 0 Å². The number of alkyl halides is 2. The minimum absolute atomic E-state index is 0.209. The monoisotopic (exact) mass is 462 g/mol. The average Bonchev–Trinajstić information content (AvgIpc) is 3.14. The zero-order valence-corrected chi connectivity index (χ0v) is 17.8. The van der Waals surface area contributed by atoms with Crippen LogP contribution in [0, 0.1) is 17.5 Å². The first kappa shape index (κ1) is 22.8. The van der Waals surface area contributed by atoms with Gasteiger partial charge in [-0.25, -0.2) is 22.0 Å². The van der Waals surface area contributed by atoms with E-state index in [0.717, 1.165) is 12.1 Å². The molecule has 0 unspecified atom stereocenters. The van der Waals surface area contributed by atoms with Crippen molar-refractivity contribution in [3.8, 4) is 0 Å². The topological polar surface area (TPSA) is 52.7 Å². The van der Waals surface area contributed by atoms with Crippen LogP contribution in [0.4, 0.5) is 27.6 Å². The molecular weight excluding hydrogens is 439 g/mol. The van der Waals surface area contributed by atoms with Gasteiger partial charge in [-0.15, -0.1) is 0 Å². The van der Waals surface area contributed by atoms with E-state index in [1.807, 2.05) is 0 Å². The van der Waals surface area contributed by atoms with Gasteiger partial charge in [0.1, 0.15) is 5.82 Å². The molecule has 2 aromatic heterocycles. The van der Waals surface area contributed by atoms with E-state index >= 15 is 0 Å². The number of aromatic nitrogens is 2. The standard InChI is InChI=1S/C24H23F5N4/c1-13(14(2)33-22-12-31-21-9-19(26)18(25)8-17(21)22)30-10-15-7-20(27)23(32-11-15)16-3-5-24(28,29)6-4-16/h7-9,11-12,16,30-31,33H,1-6,10H2. The Balaban J connectivity index is 1.35. The Bertz CT molecular complexity index is 1210. The Morgan fingerprint density at radius 1 is 1.03 bits per heavy atom. The molecule has 1 aliphatic carbocycles. The largest absolute Gasteiger partial charge is 0.380 e. The molecular formula is C24H23F5N4. The fourth-order valence-electron chi connectivity index (χ4n) is 3.97. The van der Waals surface area contributed by atoms with Crippen LogP contribution in [0.2, 0.25) is 0 Å². The third-order valence-electron chi connectivity index (χ3n) is 5.91. The molecule has 3 aromatic rings. The molecule has 0 radical (unpaired) electrons. The van der Waals surface area contributed by atoms with Crippen LogP contribution in [0.5, 0.6) is 0 Å². The predicted octanol–water partition coefficient (Wildman–Crippen LogP) is 6.50. The Morgan fingerprint density at radius 2 is 1.73 bits per heavy atom. The second-order valence-electron chi connectivity index (χ2n) is 8.29. The first-order valence-corrected chi connectivity index (χ1v) is 10.5. The number of nitrogens with one attached hydrogen (secondary N) is 3. The van der Waals surface area contributed by atoms with Crippen LogP contribution in [0.3, 0.4) is 0 Å². The molecule has 3 N–H and O–H groups in total. The summed E-state index contributed by atoms with van der Waals surface area (Å²) in [5.41, 5.74) is 2.48. The maximum Gasteiger partial charge on any atom is 0.248 e. The van der Waals surface area contributed by atoms with E-state index in [9.17, 15) is 22.0 Å². The smallest absolute Gasteiger partial charge is 0.248 e. The first-order valence-electron chi connectivity index (χ1n) is 10.5. The van der Waals surface area contributed by atoms with Crippen molar-refractivity contribution in [2.45, 2.75) is 44.1 Å². The lowest BCUT2D eigenvalue weighted by Crippen LogP contribution is -2.24. The van der Waals surface area contributed by atoms with Gasteiger partial charge >= 0.3 is 0 Å². The average molecular weight is 462 g/mol. The molecule has 0 aliphatic heterocycles. The lowest BCUT2D eigenvalue weighted by Gasteiger charge is -2.28. The third kappa shape index (κ3) is 5.02. The highest BCUT2D eigenvalue weighted by Crippen LogP contribution is 2.40. The number of H-pyrrole nitrogens is 1. The fourth-order valence-corrected chi connectivity index (χ4v) is 3.97. The Kier molecular flexibility index (Phi) is 6.14. The molecule has 1 aliphatic rings. The van der Waals surface area contributed by atoms with Gasteiger partial charge in [0.05, 0.1) is 28.3 Å². The third-order valence-corrected chi connectivity index (χ3v) is 5.91. The summed E-state index contributed by atoms with van der Waals surface area (Å²) in [5, 5.41) is 6.45. The summed E-state index contributed by atoms with van der Waals surface area (Å²) in [4.78, 5) is 7.03. The minimum atomic E-state index is -2.68. The van der Waals surface area contributed by atoms with Gasteiger partial charge in [-0.05, 0) is 30.5 Å². The van der Waals surface area contributed by atoms with Gasteiger partial charge in [-0.1, -0.05) is 13.2 Å². The van der Waals surface area contributed by atoms with E-state index < -0.39 is 23.4 Å². The molecule has 1 fully saturated rings. The van der Waals surface area contributed by atoms with E-state index in [-0.39, 0.29) is 43.8 Å². The van der Waals surface area contributed by atoms with Gasteiger partial charge < -0.3 is 15.6 Å². The number of aromatic amines is 1. The van der Waals surface area contributed by atoms with Crippen molar-refractivity contribution in [3.05, 3.63) is 83.9 Å². The number of halogens is 5. The molecule has 2 heterocycles. The van der Waals surface area contributed by atoms with Crippen molar-refractivity contribution in [2.75, 3.05) is 5.32 Å². The van der Waals surface area contributed by atoms with Crippen molar-refractivity contribution in [2.24, 2.45) is 0 Å². The summed E-state index contributed by atoms with van der Waals surface area (Å²) in [6.07, 6.45) is 2.98. The maximum absolute atomic E-state index is 14.6. The van der Waals surface area contributed by atoms with Crippen molar-refractivity contribution in [1.29, 1.82) is 0 Å². The molecule has 0 bridgehead atoms. The maximum atomic E-state index is 14.6. The normalized spacial score (nSPS) is 16.0. The van der Waals surface area contributed by atoms with Crippen LogP contribution in [0.15, 0.2) is 55.1 Å². The summed E-state index contributed by atoms with van der Waals surface area (Å²) in [5.74, 6) is -5.41. The van der Waals surface area contributed by atoms with Crippen LogP contribution in [-0.2, 0) is 6.54 Å². The Morgan fingerprint density at radius 3 is 2.42 bits per heavy atom. The number of pyridine rings is 1. The number of benzene rings is 1. The highest BCUT2D eigenvalue weighted by molar-refractivity contribution is 5.93. The zero-order chi connectivity index (χ0) is 23.8. The van der Waals surface area contributed by atoms with Crippen LogP contribution in [-0.4, -0.2) is 15.9 Å². The summed E-state index contributed by atoms with van der Waals surface area (Å²) in [6.45, 7) is 7.98. The molecule has 0 saturated heterocycles. The number of anilines is 1. The summed E-state index contributed by atoms with van der Waals surface area (Å²) >= 11 is 0. The highest BCUT2D eigenvalue weighted by atomic mass is 19.3. The van der Waals surface area contributed by atoms with Crippen LogP contribution < -0.4 is 10.6 Å². The number of nitrogens with zero attached hydrogens (tertiary/aromatic N) is 1.